The van der Waals surface area contributed by atoms with E-state index >= 15 is 0 Å². The topological polar surface area (TPSA) is 66.5 Å². The molecule has 0 bridgehead atoms. The van der Waals surface area contributed by atoms with E-state index in [0.717, 1.165) is 10.6 Å². The van der Waals surface area contributed by atoms with Crippen LogP contribution in [0.5, 0.6) is 0 Å². The highest BCUT2D eigenvalue weighted by atomic mass is 32.2. The minimum absolute atomic E-state index is 0.121. The standard InChI is InChI=1S/C20H24N2O3S2/c1-15-3-8-19(16(2)13-15)26-18-6-4-17(5-7-18)21-20(23)14-22-9-11-27(24,25)12-10-22/h3-8,13H,9-12,14H2,1-2H3,(H,21,23). The van der Waals surface area contributed by atoms with Crippen LogP contribution in [-0.4, -0.2) is 50.4 Å². The number of nitrogens with zero attached hydrogens (tertiary/aromatic N) is 1. The van der Waals surface area contributed by atoms with Crippen molar-refractivity contribution in [3.8, 4) is 0 Å². The number of carbonyl (C=O) groups is 1. The Labute approximate surface area is 165 Å². The third-order valence-electron chi connectivity index (χ3n) is 4.50. The number of hydrogen-bond acceptors (Lipinski definition) is 5. The van der Waals surface area contributed by atoms with Crippen molar-refractivity contribution in [1.82, 2.24) is 4.90 Å². The van der Waals surface area contributed by atoms with E-state index in [9.17, 15) is 13.2 Å². The van der Waals surface area contributed by atoms with E-state index in [1.165, 1.54) is 16.0 Å². The monoisotopic (exact) mass is 404 g/mol. The van der Waals surface area contributed by atoms with Crippen molar-refractivity contribution in [3.63, 3.8) is 0 Å². The number of sulfone groups is 1. The number of rotatable bonds is 5. The second-order valence-electron chi connectivity index (χ2n) is 6.87. The first-order valence-electron chi connectivity index (χ1n) is 8.88. The summed E-state index contributed by atoms with van der Waals surface area (Å²) in [5.41, 5.74) is 3.25. The predicted octanol–water partition coefficient (Wildman–Crippen LogP) is 3.12. The van der Waals surface area contributed by atoms with Crippen molar-refractivity contribution in [3.05, 3.63) is 53.6 Å². The van der Waals surface area contributed by atoms with Crippen molar-refractivity contribution in [2.24, 2.45) is 0 Å². The minimum atomic E-state index is -2.92. The van der Waals surface area contributed by atoms with Crippen molar-refractivity contribution < 1.29 is 13.2 Å². The lowest BCUT2D eigenvalue weighted by Gasteiger charge is -2.25. The molecule has 1 heterocycles. The van der Waals surface area contributed by atoms with Gasteiger partial charge in [-0.15, -0.1) is 0 Å². The second-order valence-corrected chi connectivity index (χ2v) is 10.3. The van der Waals surface area contributed by atoms with Crippen LogP contribution < -0.4 is 5.32 Å². The molecule has 1 amide bonds. The van der Waals surface area contributed by atoms with Crippen LogP contribution in [0.15, 0.2) is 52.3 Å². The molecule has 0 spiro atoms. The van der Waals surface area contributed by atoms with E-state index in [4.69, 9.17) is 0 Å². The summed E-state index contributed by atoms with van der Waals surface area (Å²) in [5.74, 6) is 0.138. The number of nitrogens with one attached hydrogen (secondary N) is 1. The number of anilines is 1. The van der Waals surface area contributed by atoms with E-state index in [-0.39, 0.29) is 24.0 Å². The molecule has 1 saturated heterocycles. The molecule has 0 atom stereocenters. The molecule has 1 fully saturated rings. The maximum atomic E-state index is 12.2. The molecule has 5 nitrogen and oxygen atoms in total. The first kappa shape index (κ1) is 19.9. The highest BCUT2D eigenvalue weighted by molar-refractivity contribution is 7.99. The fraction of sp³-hybridized carbons (Fsp3) is 0.350. The van der Waals surface area contributed by atoms with E-state index in [1.54, 1.807) is 11.8 Å². The zero-order valence-electron chi connectivity index (χ0n) is 15.6. The highest BCUT2D eigenvalue weighted by Crippen LogP contribution is 2.31. The summed E-state index contributed by atoms with van der Waals surface area (Å²) < 4.78 is 22.9. The summed E-state index contributed by atoms with van der Waals surface area (Å²) in [6.07, 6.45) is 0. The molecule has 1 N–H and O–H groups in total. The molecule has 0 saturated carbocycles. The number of hydrogen-bond donors (Lipinski definition) is 1. The molecule has 1 aliphatic heterocycles. The van der Waals surface area contributed by atoms with Gasteiger partial charge in [0, 0.05) is 28.6 Å². The van der Waals surface area contributed by atoms with Gasteiger partial charge in [0.2, 0.25) is 5.91 Å². The van der Waals surface area contributed by atoms with Gasteiger partial charge in [0.1, 0.15) is 0 Å². The Balaban J connectivity index is 1.53. The lowest BCUT2D eigenvalue weighted by Crippen LogP contribution is -2.43. The van der Waals surface area contributed by atoms with Crippen LogP contribution in [0, 0.1) is 13.8 Å². The third kappa shape index (κ3) is 5.82. The van der Waals surface area contributed by atoms with E-state index < -0.39 is 9.84 Å². The van der Waals surface area contributed by atoms with Crippen molar-refractivity contribution in [2.75, 3.05) is 36.5 Å². The summed E-state index contributed by atoms with van der Waals surface area (Å²) in [6.45, 7) is 5.24. The van der Waals surface area contributed by atoms with Crippen LogP contribution >= 0.6 is 11.8 Å². The minimum Gasteiger partial charge on any atom is -0.325 e. The molecule has 0 radical (unpaired) electrons. The van der Waals surface area contributed by atoms with Gasteiger partial charge in [-0.05, 0) is 49.7 Å². The van der Waals surface area contributed by atoms with Crippen LogP contribution in [0.4, 0.5) is 5.69 Å². The smallest absolute Gasteiger partial charge is 0.238 e. The van der Waals surface area contributed by atoms with Gasteiger partial charge in [-0.1, -0.05) is 29.5 Å². The quantitative estimate of drug-likeness (QED) is 0.829. The average Bonchev–Trinajstić information content (AvgIpc) is 2.61. The normalized spacial score (nSPS) is 16.8. The molecule has 2 aromatic rings. The average molecular weight is 405 g/mol. The molecule has 0 aromatic heterocycles. The van der Waals surface area contributed by atoms with Crippen LogP contribution in [-0.2, 0) is 14.6 Å². The fourth-order valence-electron chi connectivity index (χ4n) is 2.96. The van der Waals surface area contributed by atoms with Gasteiger partial charge in [0.15, 0.2) is 9.84 Å². The lowest BCUT2D eigenvalue weighted by atomic mass is 10.2. The summed E-state index contributed by atoms with van der Waals surface area (Å²) in [6, 6.07) is 14.2. The molecule has 27 heavy (non-hydrogen) atoms. The third-order valence-corrected chi connectivity index (χ3v) is 7.30. The number of carbonyl (C=O) groups excluding carboxylic acids is 1. The molecule has 0 unspecified atom stereocenters. The molecule has 144 valence electrons. The summed E-state index contributed by atoms with van der Waals surface area (Å²) in [7, 11) is -2.92. The zero-order chi connectivity index (χ0) is 19.4. The molecular weight excluding hydrogens is 380 g/mol. The van der Waals surface area contributed by atoms with Crippen molar-refractivity contribution >= 4 is 33.2 Å². The maximum Gasteiger partial charge on any atom is 0.238 e. The Morgan fingerprint density at radius 1 is 1.07 bits per heavy atom. The zero-order valence-corrected chi connectivity index (χ0v) is 17.2. The Bertz CT molecular complexity index is 911. The molecule has 7 heteroatoms. The second kappa shape index (κ2) is 8.46. The number of aryl methyl sites for hydroxylation is 2. The highest BCUT2D eigenvalue weighted by Gasteiger charge is 2.22. The maximum absolute atomic E-state index is 12.2. The van der Waals surface area contributed by atoms with Crippen molar-refractivity contribution in [2.45, 2.75) is 23.6 Å². The molecular formula is C20H24N2O3S2. The largest absolute Gasteiger partial charge is 0.325 e. The molecule has 2 aromatic carbocycles. The summed E-state index contributed by atoms with van der Waals surface area (Å²) in [5, 5.41) is 2.88. The Hall–Kier alpha value is -1.83. The number of benzene rings is 2. The molecule has 0 aliphatic carbocycles. The van der Waals surface area contributed by atoms with Gasteiger partial charge in [-0.3, -0.25) is 9.69 Å². The van der Waals surface area contributed by atoms with Gasteiger partial charge in [-0.2, -0.15) is 0 Å². The van der Waals surface area contributed by atoms with Gasteiger partial charge in [-0.25, -0.2) is 8.42 Å². The Kier molecular flexibility index (Phi) is 6.24. The molecule has 1 aliphatic rings. The van der Waals surface area contributed by atoms with Gasteiger partial charge in [0.25, 0.3) is 0 Å². The van der Waals surface area contributed by atoms with Crippen LogP contribution in [0.3, 0.4) is 0 Å². The summed E-state index contributed by atoms with van der Waals surface area (Å²) in [4.78, 5) is 16.4. The number of amides is 1. The fourth-order valence-corrected chi connectivity index (χ4v) is 5.12. The molecule has 3 rings (SSSR count). The van der Waals surface area contributed by atoms with Gasteiger partial charge >= 0.3 is 0 Å². The first-order valence-corrected chi connectivity index (χ1v) is 11.5. The Morgan fingerprint density at radius 2 is 1.74 bits per heavy atom. The SMILES string of the molecule is Cc1ccc(Sc2ccc(NC(=O)CN3CCS(=O)(=O)CC3)cc2)c(C)c1. The predicted molar refractivity (Wildman–Crippen MR) is 110 cm³/mol. The van der Waals surface area contributed by atoms with Crippen LogP contribution in [0.2, 0.25) is 0 Å². The van der Waals surface area contributed by atoms with Gasteiger partial charge < -0.3 is 5.32 Å². The van der Waals surface area contributed by atoms with E-state index in [0.29, 0.717) is 13.1 Å². The Morgan fingerprint density at radius 3 is 2.37 bits per heavy atom. The first-order chi connectivity index (χ1) is 12.8. The van der Waals surface area contributed by atoms with Crippen LogP contribution in [0.25, 0.3) is 0 Å². The van der Waals surface area contributed by atoms with Crippen molar-refractivity contribution in [1.29, 1.82) is 0 Å². The van der Waals surface area contributed by atoms with E-state index in [2.05, 4.69) is 37.4 Å². The lowest BCUT2D eigenvalue weighted by molar-refractivity contribution is -0.117. The summed E-state index contributed by atoms with van der Waals surface area (Å²) >= 11 is 1.70. The van der Waals surface area contributed by atoms with E-state index in [1.807, 2.05) is 29.2 Å². The van der Waals surface area contributed by atoms with Crippen LogP contribution in [0.1, 0.15) is 11.1 Å². The van der Waals surface area contributed by atoms with Gasteiger partial charge in [0.05, 0.1) is 18.1 Å².